The number of Topliss-reactive ketones (excluding diaryl/α,β-unsaturated/α-hetero) is 1. The number of rotatable bonds is 12. The largest absolute Gasteiger partial charge is 0.460 e. The van der Waals surface area contributed by atoms with Gasteiger partial charge in [0.15, 0.2) is 0 Å². The van der Waals surface area contributed by atoms with Crippen LogP contribution in [0.4, 0.5) is 4.79 Å². The van der Waals surface area contributed by atoms with Gasteiger partial charge in [0.1, 0.15) is 17.7 Å². The molecule has 2 rings (SSSR count). The highest BCUT2D eigenvalue weighted by Crippen LogP contribution is 2.65. The Kier molecular flexibility index (Phi) is 11.7. The van der Waals surface area contributed by atoms with Gasteiger partial charge in [-0.05, 0) is 77.0 Å². The van der Waals surface area contributed by atoms with Gasteiger partial charge in [0.05, 0.1) is 12.5 Å². The molecule has 0 aromatic rings. The smallest absolute Gasteiger partial charge is 0.315 e. The van der Waals surface area contributed by atoms with Gasteiger partial charge in [-0.3, -0.25) is 24.0 Å². The van der Waals surface area contributed by atoms with E-state index in [0.717, 1.165) is 0 Å². The first-order valence-corrected chi connectivity index (χ1v) is 15.7. The predicted molar refractivity (Wildman–Crippen MR) is 171 cm³/mol. The van der Waals surface area contributed by atoms with Crippen LogP contribution in [0, 0.1) is 22.7 Å². The van der Waals surface area contributed by atoms with Crippen molar-refractivity contribution in [2.24, 2.45) is 22.7 Å². The van der Waals surface area contributed by atoms with Crippen molar-refractivity contribution in [1.29, 1.82) is 0 Å². The van der Waals surface area contributed by atoms with E-state index in [-0.39, 0.29) is 42.5 Å². The third kappa shape index (κ3) is 10.3. The van der Waals surface area contributed by atoms with Gasteiger partial charge in [-0.15, -0.1) is 6.58 Å². The molecule has 0 aromatic heterocycles. The third-order valence-corrected chi connectivity index (χ3v) is 8.19. The molecular weight excluding hydrogens is 578 g/mol. The number of hydrogen-bond donors (Lipinski definition) is 4. The Balaban J connectivity index is 2.23. The van der Waals surface area contributed by atoms with Gasteiger partial charge in [-0.25, -0.2) is 4.79 Å². The fourth-order valence-corrected chi connectivity index (χ4v) is 5.86. The number of likely N-dealkylation sites (tertiary alicyclic amines) is 1. The number of nitrogens with one attached hydrogen (secondary N) is 4. The van der Waals surface area contributed by atoms with Crippen molar-refractivity contribution in [2.45, 2.75) is 125 Å². The normalized spacial score (nSPS) is 21.8. The molecule has 1 unspecified atom stereocenters. The zero-order valence-corrected chi connectivity index (χ0v) is 29.0. The maximum absolute atomic E-state index is 14.1. The van der Waals surface area contributed by atoms with Gasteiger partial charge < -0.3 is 30.9 Å². The first-order valence-electron chi connectivity index (χ1n) is 15.7. The van der Waals surface area contributed by atoms with E-state index in [1.165, 1.54) is 4.90 Å². The fraction of sp³-hybridized carbons (Fsp3) is 0.758. The van der Waals surface area contributed by atoms with Crippen molar-refractivity contribution in [2.75, 3.05) is 13.1 Å². The van der Waals surface area contributed by atoms with Crippen LogP contribution in [0.2, 0.25) is 0 Å². The molecular formula is C33H55N5O7. The lowest BCUT2D eigenvalue weighted by molar-refractivity contribution is -0.154. The van der Waals surface area contributed by atoms with Crippen LogP contribution in [0.25, 0.3) is 0 Å². The Labute approximate surface area is 268 Å². The molecule has 0 spiro atoms. The molecule has 0 bridgehead atoms. The van der Waals surface area contributed by atoms with Crippen LogP contribution < -0.4 is 21.3 Å². The Morgan fingerprint density at radius 3 is 2.09 bits per heavy atom. The van der Waals surface area contributed by atoms with Gasteiger partial charge in [0.25, 0.3) is 5.91 Å². The van der Waals surface area contributed by atoms with Crippen LogP contribution in [0.1, 0.15) is 95.4 Å². The van der Waals surface area contributed by atoms with Crippen molar-refractivity contribution in [3.05, 3.63) is 12.7 Å². The monoisotopic (exact) mass is 633 g/mol. The van der Waals surface area contributed by atoms with E-state index in [0.29, 0.717) is 13.0 Å². The summed E-state index contributed by atoms with van der Waals surface area (Å²) in [5.41, 5.74) is -2.07. The fourth-order valence-electron chi connectivity index (χ4n) is 5.86. The number of amides is 5. The van der Waals surface area contributed by atoms with E-state index in [4.69, 9.17) is 4.74 Å². The maximum Gasteiger partial charge on any atom is 0.315 e. The molecule has 2 aliphatic rings. The maximum atomic E-state index is 14.1. The molecule has 2 fully saturated rings. The van der Waals surface area contributed by atoms with Crippen LogP contribution >= 0.6 is 0 Å². The molecule has 1 aliphatic heterocycles. The van der Waals surface area contributed by atoms with Crippen LogP contribution in [-0.2, 0) is 28.7 Å². The summed E-state index contributed by atoms with van der Waals surface area (Å²) in [6.07, 6.45) is 1.95. The minimum absolute atomic E-state index is 0.0692. The average molecular weight is 634 g/mol. The number of urea groups is 1. The SMILES string of the molecule is C=CCCC(NC(=O)[C@@H]1[C@@H]2[C@H](CN1C(=O)[C@@H](NC(=O)NC(C)(C)C)C(C)(C)C)C2(C)C)C(=O)C(=O)NCCC(=O)OC(C)(C)C. The summed E-state index contributed by atoms with van der Waals surface area (Å²) in [4.78, 5) is 80.3. The Morgan fingerprint density at radius 1 is 0.978 bits per heavy atom. The van der Waals surface area contributed by atoms with Gasteiger partial charge in [-0.2, -0.15) is 0 Å². The average Bonchev–Trinajstić information content (AvgIpc) is 3.19. The van der Waals surface area contributed by atoms with Crippen molar-refractivity contribution in [3.63, 3.8) is 0 Å². The van der Waals surface area contributed by atoms with E-state index < -0.39 is 64.3 Å². The molecule has 0 radical (unpaired) electrons. The number of nitrogens with zero attached hydrogens (tertiary/aromatic N) is 1. The first kappa shape index (κ1) is 37.7. The lowest BCUT2D eigenvalue weighted by Crippen LogP contribution is -2.62. The van der Waals surface area contributed by atoms with Crippen molar-refractivity contribution in [3.8, 4) is 0 Å². The lowest BCUT2D eigenvalue weighted by atomic mass is 9.85. The minimum Gasteiger partial charge on any atom is -0.460 e. The van der Waals surface area contributed by atoms with Gasteiger partial charge in [-0.1, -0.05) is 40.7 Å². The Bertz CT molecular complexity index is 1180. The topological polar surface area (TPSA) is 163 Å². The molecule has 1 saturated heterocycles. The second-order valence-corrected chi connectivity index (χ2v) is 15.9. The Hall–Kier alpha value is -3.44. The van der Waals surface area contributed by atoms with Crippen LogP contribution in [0.3, 0.4) is 0 Å². The molecule has 5 amide bonds. The highest BCUT2D eigenvalue weighted by molar-refractivity contribution is 6.38. The summed E-state index contributed by atoms with van der Waals surface area (Å²) in [5.74, 6) is -3.30. The highest BCUT2D eigenvalue weighted by Gasteiger charge is 2.70. The minimum atomic E-state index is -1.16. The van der Waals surface area contributed by atoms with E-state index in [1.54, 1.807) is 26.8 Å². The van der Waals surface area contributed by atoms with E-state index in [1.807, 2.05) is 55.4 Å². The molecule has 1 aliphatic carbocycles. The quantitative estimate of drug-likeness (QED) is 0.146. The number of fused-ring (bicyclic) bond motifs is 1. The summed E-state index contributed by atoms with van der Waals surface area (Å²) >= 11 is 0. The van der Waals surface area contributed by atoms with Gasteiger partial charge >= 0.3 is 12.0 Å². The molecule has 1 saturated carbocycles. The molecule has 254 valence electrons. The number of ether oxygens (including phenoxy) is 1. The van der Waals surface area contributed by atoms with Gasteiger partial charge in [0.2, 0.25) is 17.6 Å². The third-order valence-electron chi connectivity index (χ3n) is 8.19. The molecule has 5 atom stereocenters. The molecule has 12 nitrogen and oxygen atoms in total. The molecule has 1 heterocycles. The number of esters is 1. The number of allylic oxidation sites excluding steroid dienone is 1. The van der Waals surface area contributed by atoms with Crippen molar-refractivity contribution < 1.29 is 33.5 Å². The van der Waals surface area contributed by atoms with E-state index in [2.05, 4.69) is 27.8 Å². The summed E-state index contributed by atoms with van der Waals surface area (Å²) in [6.45, 7) is 24.2. The van der Waals surface area contributed by atoms with Gasteiger partial charge in [0, 0.05) is 18.6 Å². The lowest BCUT2D eigenvalue weighted by Gasteiger charge is -2.38. The van der Waals surface area contributed by atoms with Crippen LogP contribution in [-0.4, -0.2) is 82.8 Å². The molecule has 0 aromatic carbocycles. The summed E-state index contributed by atoms with van der Waals surface area (Å²) in [6, 6.07) is -3.47. The number of hydrogen-bond acceptors (Lipinski definition) is 7. The summed E-state index contributed by atoms with van der Waals surface area (Å²) in [5, 5.41) is 10.8. The predicted octanol–water partition coefficient (Wildman–Crippen LogP) is 2.85. The number of ketones is 1. The summed E-state index contributed by atoms with van der Waals surface area (Å²) < 4.78 is 5.23. The first-order chi connectivity index (χ1) is 20.4. The molecule has 4 N–H and O–H groups in total. The number of carbonyl (C=O) groups is 6. The Morgan fingerprint density at radius 2 is 1.58 bits per heavy atom. The van der Waals surface area contributed by atoms with E-state index >= 15 is 0 Å². The molecule has 12 heteroatoms. The van der Waals surface area contributed by atoms with Crippen molar-refractivity contribution >= 4 is 35.5 Å². The number of carbonyl (C=O) groups excluding carboxylic acids is 6. The second kappa shape index (κ2) is 13.9. The zero-order chi connectivity index (χ0) is 34.7. The molecule has 45 heavy (non-hydrogen) atoms. The number of piperidine rings is 1. The van der Waals surface area contributed by atoms with Crippen LogP contribution in [0.15, 0.2) is 12.7 Å². The zero-order valence-electron chi connectivity index (χ0n) is 29.0. The van der Waals surface area contributed by atoms with E-state index in [9.17, 15) is 28.8 Å². The highest BCUT2D eigenvalue weighted by atomic mass is 16.6. The second-order valence-electron chi connectivity index (χ2n) is 15.9. The van der Waals surface area contributed by atoms with Crippen molar-refractivity contribution in [1.82, 2.24) is 26.2 Å². The summed E-state index contributed by atoms with van der Waals surface area (Å²) in [7, 11) is 0. The van der Waals surface area contributed by atoms with Crippen LogP contribution in [0.5, 0.6) is 0 Å². The standard InChI is InChI=1S/C33H55N5O7/c1-13-14-15-20(24(40)27(42)34-17-16-21(39)45-32(8,9)10)35-26(41)23-22-19(33(22,11)12)18-38(23)28(43)25(30(2,3)4)36-29(44)37-31(5,6)7/h13,19-20,22-23,25H,1,14-18H2,2-12H3,(H,34,42)(H,35,41)(H2,36,37,44)/t19-,20?,22-,23-,25+/m0/s1.